The van der Waals surface area contributed by atoms with Crippen molar-refractivity contribution in [1.82, 2.24) is 5.32 Å². The van der Waals surface area contributed by atoms with E-state index in [-0.39, 0.29) is 11.8 Å². The van der Waals surface area contributed by atoms with Crippen molar-refractivity contribution in [2.75, 3.05) is 31.4 Å². The number of rotatable bonds is 8. The first kappa shape index (κ1) is 21.2. The zero-order valence-corrected chi connectivity index (χ0v) is 17.7. The molecule has 0 fully saturated rings. The lowest BCUT2D eigenvalue weighted by Gasteiger charge is -2.14. The molecule has 2 amide bonds. The van der Waals surface area contributed by atoms with Crippen LogP contribution in [0.15, 0.2) is 42.1 Å². The zero-order valence-electron chi connectivity index (χ0n) is 17.7. The van der Waals surface area contributed by atoms with E-state index in [1.54, 1.807) is 20.3 Å². The number of fused-ring (bicyclic) bond motifs is 1. The van der Waals surface area contributed by atoms with Crippen LogP contribution in [0.3, 0.4) is 0 Å². The molecule has 0 aliphatic carbocycles. The van der Waals surface area contributed by atoms with Crippen molar-refractivity contribution in [2.24, 2.45) is 0 Å². The van der Waals surface area contributed by atoms with Crippen LogP contribution in [-0.4, -0.2) is 32.6 Å². The van der Waals surface area contributed by atoms with Crippen LogP contribution < -0.4 is 25.4 Å². The third kappa shape index (κ3) is 4.56. The minimum atomic E-state index is -0.156. The molecule has 0 saturated carbocycles. The highest BCUT2D eigenvalue weighted by molar-refractivity contribution is 6.32. The highest BCUT2D eigenvalue weighted by Crippen LogP contribution is 2.42. The molecule has 7 nitrogen and oxygen atoms in total. The molecule has 158 valence electrons. The minimum Gasteiger partial charge on any atom is -0.493 e. The molecule has 2 aromatic carbocycles. The largest absolute Gasteiger partial charge is 0.493 e. The van der Waals surface area contributed by atoms with Crippen molar-refractivity contribution >= 4 is 28.8 Å². The second-order valence-corrected chi connectivity index (χ2v) is 6.97. The molecule has 7 heteroatoms. The number of ether oxygens (including phenoxy) is 2. The summed E-state index contributed by atoms with van der Waals surface area (Å²) in [5, 5.41) is 9.09. The van der Waals surface area contributed by atoms with Gasteiger partial charge >= 0.3 is 0 Å². The highest BCUT2D eigenvalue weighted by Gasteiger charge is 2.29. The van der Waals surface area contributed by atoms with Crippen LogP contribution in [-0.2, 0) is 16.0 Å². The lowest BCUT2D eigenvalue weighted by atomic mass is 10.0. The molecule has 0 aromatic heterocycles. The van der Waals surface area contributed by atoms with E-state index in [0.717, 1.165) is 28.9 Å². The maximum Gasteiger partial charge on any atom is 0.258 e. The Kier molecular flexibility index (Phi) is 6.61. The normalized spacial score (nSPS) is 13.9. The van der Waals surface area contributed by atoms with Gasteiger partial charge in [0.15, 0.2) is 11.5 Å². The molecule has 1 aliphatic rings. The predicted octanol–water partition coefficient (Wildman–Crippen LogP) is 3.57. The third-order valence-electron chi connectivity index (χ3n) is 4.96. The summed E-state index contributed by atoms with van der Waals surface area (Å²) in [5.74, 6) is 0.955. The molecule has 0 spiro atoms. The number of hydrogen-bond donors (Lipinski definition) is 3. The van der Waals surface area contributed by atoms with E-state index < -0.39 is 0 Å². The van der Waals surface area contributed by atoms with Crippen LogP contribution in [0.5, 0.6) is 11.5 Å². The van der Waals surface area contributed by atoms with E-state index in [4.69, 9.17) is 9.47 Å². The molecule has 3 N–H and O–H groups in total. The van der Waals surface area contributed by atoms with Crippen LogP contribution in [0.2, 0.25) is 0 Å². The first-order valence-corrected chi connectivity index (χ1v) is 9.88. The Morgan fingerprint density at radius 1 is 1.07 bits per heavy atom. The molecule has 0 saturated heterocycles. The van der Waals surface area contributed by atoms with Gasteiger partial charge in [0.05, 0.1) is 25.5 Å². The van der Waals surface area contributed by atoms with E-state index in [1.165, 1.54) is 6.92 Å². The number of carbonyl (C=O) groups is 2. The van der Waals surface area contributed by atoms with Gasteiger partial charge in [-0.1, -0.05) is 19.1 Å². The summed E-state index contributed by atoms with van der Waals surface area (Å²) in [5.41, 5.74) is 4.93. The quantitative estimate of drug-likeness (QED) is 0.580. The molecule has 1 aliphatic heterocycles. The van der Waals surface area contributed by atoms with Crippen LogP contribution >= 0.6 is 0 Å². The molecule has 0 radical (unpaired) electrons. The number of allylic oxidation sites excluding steroid dienone is 1. The van der Waals surface area contributed by atoms with Crippen molar-refractivity contribution in [2.45, 2.75) is 26.7 Å². The van der Waals surface area contributed by atoms with Gasteiger partial charge in [-0.15, -0.1) is 0 Å². The summed E-state index contributed by atoms with van der Waals surface area (Å²) in [7, 11) is 3.14. The Bertz CT molecular complexity index is 981. The van der Waals surface area contributed by atoms with Gasteiger partial charge < -0.3 is 25.4 Å². The van der Waals surface area contributed by atoms with Gasteiger partial charge in [0, 0.05) is 36.5 Å². The highest BCUT2D eigenvalue weighted by atomic mass is 16.5. The second-order valence-electron chi connectivity index (χ2n) is 6.97. The van der Waals surface area contributed by atoms with E-state index in [9.17, 15) is 9.59 Å². The minimum absolute atomic E-state index is 0.0307. The Hall–Kier alpha value is -3.48. The van der Waals surface area contributed by atoms with Gasteiger partial charge in [0.25, 0.3) is 5.91 Å². The van der Waals surface area contributed by atoms with Crippen LogP contribution in [0.1, 0.15) is 31.4 Å². The SMILES string of the molecule is CC/C(Nc1ccc(CCNC(C)=O)cc1)=C1/C(=O)Nc2cc(OC)c(OC)cc21. The Balaban J connectivity index is 1.85. The smallest absolute Gasteiger partial charge is 0.258 e. The summed E-state index contributed by atoms with van der Waals surface area (Å²) in [6.45, 7) is 4.12. The number of anilines is 2. The number of nitrogens with one attached hydrogen (secondary N) is 3. The van der Waals surface area contributed by atoms with Crippen molar-refractivity contribution < 1.29 is 19.1 Å². The topological polar surface area (TPSA) is 88.7 Å². The first-order valence-electron chi connectivity index (χ1n) is 9.88. The van der Waals surface area contributed by atoms with E-state index in [2.05, 4.69) is 16.0 Å². The first-order chi connectivity index (χ1) is 14.5. The Labute approximate surface area is 176 Å². The van der Waals surface area contributed by atoms with Gasteiger partial charge in [0.2, 0.25) is 5.91 Å². The van der Waals surface area contributed by atoms with Gasteiger partial charge in [-0.25, -0.2) is 0 Å². The lowest BCUT2D eigenvalue weighted by Crippen LogP contribution is -2.22. The number of methoxy groups -OCH3 is 2. The van der Waals surface area contributed by atoms with E-state index in [0.29, 0.717) is 35.7 Å². The van der Waals surface area contributed by atoms with Gasteiger partial charge in [-0.05, 0) is 36.6 Å². The Morgan fingerprint density at radius 3 is 2.33 bits per heavy atom. The lowest BCUT2D eigenvalue weighted by molar-refractivity contribution is -0.119. The van der Waals surface area contributed by atoms with Gasteiger partial charge in [-0.3, -0.25) is 9.59 Å². The summed E-state index contributed by atoms with van der Waals surface area (Å²) in [6, 6.07) is 11.6. The van der Waals surface area contributed by atoms with Crippen LogP contribution in [0, 0.1) is 0 Å². The molecule has 30 heavy (non-hydrogen) atoms. The molecule has 0 atom stereocenters. The van der Waals surface area contributed by atoms with E-state index in [1.807, 2.05) is 37.3 Å². The summed E-state index contributed by atoms with van der Waals surface area (Å²) in [6.07, 6.45) is 1.42. The molecular weight excluding hydrogens is 382 g/mol. The van der Waals surface area contributed by atoms with Crippen molar-refractivity contribution in [3.8, 4) is 11.5 Å². The van der Waals surface area contributed by atoms with Gasteiger partial charge in [-0.2, -0.15) is 0 Å². The predicted molar refractivity (Wildman–Crippen MR) is 118 cm³/mol. The number of carbonyl (C=O) groups excluding carboxylic acids is 2. The fraction of sp³-hybridized carbons (Fsp3) is 0.304. The van der Waals surface area contributed by atoms with Crippen molar-refractivity contribution in [3.63, 3.8) is 0 Å². The molecule has 0 bridgehead atoms. The zero-order chi connectivity index (χ0) is 21.7. The molecule has 1 heterocycles. The fourth-order valence-electron chi connectivity index (χ4n) is 3.44. The number of hydrogen-bond acceptors (Lipinski definition) is 5. The maximum absolute atomic E-state index is 12.7. The molecule has 3 rings (SSSR count). The van der Waals surface area contributed by atoms with Gasteiger partial charge in [0.1, 0.15) is 0 Å². The van der Waals surface area contributed by atoms with Crippen LogP contribution in [0.25, 0.3) is 5.57 Å². The number of benzene rings is 2. The van der Waals surface area contributed by atoms with Crippen molar-refractivity contribution in [1.29, 1.82) is 0 Å². The summed E-state index contributed by atoms with van der Waals surface area (Å²) >= 11 is 0. The average Bonchev–Trinajstić information content (AvgIpc) is 3.06. The number of amides is 2. The molecule has 2 aromatic rings. The second kappa shape index (κ2) is 9.35. The maximum atomic E-state index is 12.7. The Morgan fingerprint density at radius 2 is 1.73 bits per heavy atom. The molecule has 0 unspecified atom stereocenters. The molecular formula is C23H27N3O4. The van der Waals surface area contributed by atoms with Crippen LogP contribution in [0.4, 0.5) is 11.4 Å². The summed E-state index contributed by atoms with van der Waals surface area (Å²) < 4.78 is 10.7. The van der Waals surface area contributed by atoms with Crippen molar-refractivity contribution in [3.05, 3.63) is 53.2 Å². The summed E-state index contributed by atoms with van der Waals surface area (Å²) in [4.78, 5) is 23.7. The monoisotopic (exact) mass is 409 g/mol. The fourth-order valence-corrected chi connectivity index (χ4v) is 3.44. The van der Waals surface area contributed by atoms with E-state index >= 15 is 0 Å². The standard InChI is InChI=1S/C23H27N3O4/c1-5-18(25-16-8-6-15(7-9-16)10-11-24-14(2)27)22-17-12-20(29-3)21(30-4)13-19(17)26-23(22)28/h6-9,12-13,25H,5,10-11H2,1-4H3,(H,24,27)(H,26,28)/b22-18-. The average molecular weight is 409 g/mol. The third-order valence-corrected chi connectivity index (χ3v) is 4.96.